The van der Waals surface area contributed by atoms with Crippen LogP contribution in [0.2, 0.25) is 0 Å². The number of carbonyl (C=O) groups excluding carboxylic acids is 1. The van der Waals surface area contributed by atoms with Crippen LogP contribution in [0.25, 0.3) is 10.2 Å². The first-order valence-corrected chi connectivity index (χ1v) is 9.14. The molecular weight excluding hydrogens is 337 g/mol. The first kappa shape index (κ1) is 16.0. The standard InChI is InChI=1S/C19H18FN3OS/c20-15-7-4-8-16-18(15)21-19(25-16)23-11-9-22(10-12-23)17(24)13-14-5-2-1-3-6-14/h1-8H,9-13H2. The van der Waals surface area contributed by atoms with E-state index in [1.807, 2.05) is 41.3 Å². The third-order valence-electron chi connectivity index (χ3n) is 4.46. The summed E-state index contributed by atoms with van der Waals surface area (Å²) in [5.74, 6) is -0.127. The molecule has 0 N–H and O–H groups in total. The minimum Gasteiger partial charge on any atom is -0.345 e. The van der Waals surface area contributed by atoms with Gasteiger partial charge in [0, 0.05) is 26.2 Å². The molecule has 1 aliphatic rings. The fourth-order valence-electron chi connectivity index (χ4n) is 3.07. The van der Waals surface area contributed by atoms with Gasteiger partial charge in [-0.25, -0.2) is 9.37 Å². The number of anilines is 1. The number of carbonyl (C=O) groups is 1. The second kappa shape index (κ2) is 6.80. The SMILES string of the molecule is O=C(Cc1ccccc1)N1CCN(c2nc3c(F)cccc3s2)CC1. The zero-order chi connectivity index (χ0) is 17.2. The Morgan fingerprint density at radius 2 is 1.80 bits per heavy atom. The van der Waals surface area contributed by atoms with Crippen molar-refractivity contribution in [2.75, 3.05) is 31.1 Å². The lowest BCUT2D eigenvalue weighted by molar-refractivity contribution is -0.130. The maximum Gasteiger partial charge on any atom is 0.227 e. The molecule has 25 heavy (non-hydrogen) atoms. The lowest BCUT2D eigenvalue weighted by Gasteiger charge is -2.34. The summed E-state index contributed by atoms with van der Waals surface area (Å²) in [6, 6.07) is 14.8. The average Bonchev–Trinajstić information content (AvgIpc) is 3.08. The number of benzene rings is 2. The number of nitrogens with zero attached hydrogens (tertiary/aromatic N) is 3. The van der Waals surface area contributed by atoms with Crippen LogP contribution in [0.15, 0.2) is 48.5 Å². The molecule has 1 aromatic heterocycles. The molecule has 0 atom stereocenters. The van der Waals surface area contributed by atoms with E-state index in [4.69, 9.17) is 0 Å². The Morgan fingerprint density at radius 3 is 2.52 bits per heavy atom. The van der Waals surface area contributed by atoms with Crippen LogP contribution in [0.3, 0.4) is 0 Å². The Balaban J connectivity index is 1.40. The van der Waals surface area contributed by atoms with Crippen LogP contribution in [-0.2, 0) is 11.2 Å². The minimum atomic E-state index is -0.281. The topological polar surface area (TPSA) is 36.4 Å². The third kappa shape index (κ3) is 3.35. The fraction of sp³-hybridized carbons (Fsp3) is 0.263. The van der Waals surface area contributed by atoms with Gasteiger partial charge < -0.3 is 9.80 Å². The highest BCUT2D eigenvalue weighted by atomic mass is 32.1. The van der Waals surface area contributed by atoms with E-state index in [1.54, 1.807) is 6.07 Å². The summed E-state index contributed by atoms with van der Waals surface area (Å²) in [4.78, 5) is 20.9. The number of fused-ring (bicyclic) bond motifs is 1. The second-order valence-corrected chi connectivity index (χ2v) is 7.12. The molecule has 0 bridgehead atoms. The number of piperazine rings is 1. The smallest absolute Gasteiger partial charge is 0.227 e. The molecule has 1 amide bonds. The van der Waals surface area contributed by atoms with E-state index in [0.29, 0.717) is 25.0 Å². The lowest BCUT2D eigenvalue weighted by atomic mass is 10.1. The van der Waals surface area contributed by atoms with Gasteiger partial charge in [0.1, 0.15) is 11.3 Å². The van der Waals surface area contributed by atoms with Crippen molar-refractivity contribution < 1.29 is 9.18 Å². The Hall–Kier alpha value is -2.47. The van der Waals surface area contributed by atoms with Gasteiger partial charge >= 0.3 is 0 Å². The maximum atomic E-state index is 13.8. The average molecular weight is 355 g/mol. The Morgan fingerprint density at radius 1 is 1.04 bits per heavy atom. The molecular formula is C19H18FN3OS. The monoisotopic (exact) mass is 355 g/mol. The third-order valence-corrected chi connectivity index (χ3v) is 5.54. The van der Waals surface area contributed by atoms with Gasteiger partial charge in [-0.05, 0) is 17.7 Å². The van der Waals surface area contributed by atoms with Gasteiger partial charge in [0.2, 0.25) is 5.91 Å². The molecule has 4 nitrogen and oxygen atoms in total. The van der Waals surface area contributed by atoms with Crippen molar-refractivity contribution in [2.24, 2.45) is 0 Å². The van der Waals surface area contributed by atoms with Crippen molar-refractivity contribution in [3.05, 3.63) is 59.9 Å². The molecule has 0 aliphatic carbocycles. The largest absolute Gasteiger partial charge is 0.345 e. The number of para-hydroxylation sites is 1. The van der Waals surface area contributed by atoms with Gasteiger partial charge in [-0.1, -0.05) is 47.7 Å². The molecule has 128 valence electrons. The summed E-state index contributed by atoms with van der Waals surface area (Å²) in [6.45, 7) is 2.79. The van der Waals surface area contributed by atoms with E-state index in [-0.39, 0.29) is 11.7 Å². The van der Waals surface area contributed by atoms with Crippen LogP contribution in [0.5, 0.6) is 0 Å². The number of halogens is 1. The summed E-state index contributed by atoms with van der Waals surface area (Å²) in [7, 11) is 0. The van der Waals surface area contributed by atoms with Crippen molar-refractivity contribution in [1.29, 1.82) is 0 Å². The van der Waals surface area contributed by atoms with Crippen LogP contribution < -0.4 is 4.90 Å². The second-order valence-electron chi connectivity index (χ2n) is 6.11. The van der Waals surface area contributed by atoms with E-state index in [2.05, 4.69) is 9.88 Å². The molecule has 2 heterocycles. The highest BCUT2D eigenvalue weighted by Gasteiger charge is 2.23. The minimum absolute atomic E-state index is 0.154. The molecule has 0 saturated carbocycles. The summed E-state index contributed by atoms with van der Waals surface area (Å²) < 4.78 is 14.7. The molecule has 0 unspecified atom stereocenters. The van der Waals surface area contributed by atoms with E-state index in [9.17, 15) is 9.18 Å². The summed E-state index contributed by atoms with van der Waals surface area (Å²) >= 11 is 1.50. The molecule has 6 heteroatoms. The molecule has 0 spiro atoms. The predicted octanol–water partition coefficient (Wildman–Crippen LogP) is 3.33. The van der Waals surface area contributed by atoms with Gasteiger partial charge in [-0.2, -0.15) is 0 Å². The number of thiazole rings is 1. The van der Waals surface area contributed by atoms with E-state index in [0.717, 1.165) is 28.5 Å². The van der Waals surface area contributed by atoms with Crippen LogP contribution in [0.4, 0.5) is 9.52 Å². The molecule has 3 aromatic rings. The predicted molar refractivity (Wildman–Crippen MR) is 98.5 cm³/mol. The first-order valence-electron chi connectivity index (χ1n) is 8.32. The van der Waals surface area contributed by atoms with Crippen molar-refractivity contribution in [3.8, 4) is 0 Å². The van der Waals surface area contributed by atoms with Crippen LogP contribution in [-0.4, -0.2) is 42.0 Å². The lowest BCUT2D eigenvalue weighted by Crippen LogP contribution is -2.49. The van der Waals surface area contributed by atoms with Crippen LogP contribution in [0, 0.1) is 5.82 Å². The Bertz CT molecular complexity index is 888. The van der Waals surface area contributed by atoms with Gasteiger partial charge in [-0.15, -0.1) is 0 Å². The highest BCUT2D eigenvalue weighted by molar-refractivity contribution is 7.22. The molecule has 2 aromatic carbocycles. The molecule has 1 fully saturated rings. The highest BCUT2D eigenvalue weighted by Crippen LogP contribution is 2.30. The number of hydrogen-bond acceptors (Lipinski definition) is 4. The maximum absolute atomic E-state index is 13.8. The molecule has 0 radical (unpaired) electrons. The Labute approximate surface area is 149 Å². The van der Waals surface area contributed by atoms with Crippen molar-refractivity contribution in [3.63, 3.8) is 0 Å². The van der Waals surface area contributed by atoms with Crippen molar-refractivity contribution in [2.45, 2.75) is 6.42 Å². The first-order chi connectivity index (χ1) is 12.2. The number of hydrogen-bond donors (Lipinski definition) is 0. The fourth-order valence-corrected chi connectivity index (χ4v) is 4.10. The molecule has 1 aliphatic heterocycles. The quantitative estimate of drug-likeness (QED) is 0.723. The zero-order valence-corrected chi connectivity index (χ0v) is 14.5. The Kier molecular flexibility index (Phi) is 4.36. The zero-order valence-electron chi connectivity index (χ0n) is 13.7. The van der Waals surface area contributed by atoms with Gasteiger partial charge in [0.15, 0.2) is 5.13 Å². The van der Waals surface area contributed by atoms with Gasteiger partial charge in [0.05, 0.1) is 11.1 Å². The van der Waals surface area contributed by atoms with Crippen molar-refractivity contribution >= 4 is 32.6 Å². The van der Waals surface area contributed by atoms with Gasteiger partial charge in [0.25, 0.3) is 0 Å². The van der Waals surface area contributed by atoms with E-state index in [1.165, 1.54) is 17.4 Å². The number of aromatic nitrogens is 1. The summed E-state index contributed by atoms with van der Waals surface area (Å²) in [5, 5.41) is 0.829. The van der Waals surface area contributed by atoms with E-state index < -0.39 is 0 Å². The molecule has 4 rings (SSSR count). The molecule has 1 saturated heterocycles. The number of rotatable bonds is 3. The van der Waals surface area contributed by atoms with Gasteiger partial charge in [-0.3, -0.25) is 4.79 Å². The number of amides is 1. The van der Waals surface area contributed by atoms with Crippen LogP contribution in [0.1, 0.15) is 5.56 Å². The van der Waals surface area contributed by atoms with Crippen LogP contribution >= 0.6 is 11.3 Å². The van der Waals surface area contributed by atoms with Crippen molar-refractivity contribution in [1.82, 2.24) is 9.88 Å². The summed E-state index contributed by atoms with van der Waals surface area (Å²) in [5.41, 5.74) is 1.47. The van der Waals surface area contributed by atoms with E-state index >= 15 is 0 Å². The summed E-state index contributed by atoms with van der Waals surface area (Å²) in [6.07, 6.45) is 0.438. The normalized spacial score (nSPS) is 14.9.